The average Bonchev–Trinajstić information content (AvgIpc) is 2.43. The van der Waals surface area contributed by atoms with Gasteiger partial charge in [-0.15, -0.1) is 0 Å². The van der Waals surface area contributed by atoms with Crippen molar-refractivity contribution in [1.82, 2.24) is 0 Å². The normalized spacial score (nSPS) is 10.2. The summed E-state index contributed by atoms with van der Waals surface area (Å²) in [5, 5.41) is 4.97. The fourth-order valence-corrected chi connectivity index (χ4v) is 1.55. The molecular weight excluding hydrogens is 269 g/mol. The van der Waals surface area contributed by atoms with Crippen LogP contribution in [0.3, 0.4) is 0 Å². The Bertz CT molecular complexity index is 632. The van der Waals surface area contributed by atoms with Crippen molar-refractivity contribution in [2.24, 2.45) is 0 Å². The molecule has 0 aliphatic heterocycles. The van der Waals surface area contributed by atoms with Crippen LogP contribution < -0.4 is 10.6 Å². The molecule has 0 heterocycles. The first-order valence-corrected chi connectivity index (χ1v) is 5.79. The minimum absolute atomic E-state index is 0.0598. The smallest absolute Gasteiger partial charge is 0.243 e. The van der Waals surface area contributed by atoms with E-state index in [0.29, 0.717) is 0 Å². The summed E-state index contributed by atoms with van der Waals surface area (Å²) in [7, 11) is 0. The van der Waals surface area contributed by atoms with Gasteiger partial charge >= 0.3 is 0 Å². The molecule has 2 rings (SSSR count). The second-order valence-corrected chi connectivity index (χ2v) is 4.01. The van der Waals surface area contributed by atoms with Crippen molar-refractivity contribution < 1.29 is 18.0 Å². The summed E-state index contributed by atoms with van der Waals surface area (Å²) in [6.45, 7) is -0.195. The average molecular weight is 280 g/mol. The second kappa shape index (κ2) is 6.10. The molecule has 2 aromatic rings. The van der Waals surface area contributed by atoms with Gasteiger partial charge in [-0.2, -0.15) is 0 Å². The van der Waals surface area contributed by atoms with Crippen LogP contribution in [0.4, 0.5) is 24.5 Å². The summed E-state index contributed by atoms with van der Waals surface area (Å²) in [5.41, 5.74) is 0.317. The van der Waals surface area contributed by atoms with Gasteiger partial charge in [-0.05, 0) is 24.3 Å². The molecule has 0 saturated heterocycles. The van der Waals surface area contributed by atoms with Crippen molar-refractivity contribution in [3.8, 4) is 0 Å². The highest BCUT2D eigenvalue weighted by Crippen LogP contribution is 2.14. The number of rotatable bonds is 4. The zero-order valence-electron chi connectivity index (χ0n) is 10.3. The third-order valence-corrected chi connectivity index (χ3v) is 2.52. The molecule has 0 saturated carbocycles. The SMILES string of the molecule is O=C(CNc1ccc(F)c(F)c1)Nc1ccccc1F. The Morgan fingerprint density at radius 2 is 1.70 bits per heavy atom. The standard InChI is InChI=1S/C14H11F3N2O/c15-10-6-5-9(7-12(10)17)18-8-14(20)19-13-4-2-1-3-11(13)16/h1-7,18H,8H2,(H,19,20). The highest BCUT2D eigenvalue weighted by Gasteiger charge is 2.07. The Hall–Kier alpha value is -2.50. The highest BCUT2D eigenvalue weighted by atomic mass is 19.2. The number of carbonyl (C=O) groups excluding carboxylic acids is 1. The number of benzene rings is 2. The minimum Gasteiger partial charge on any atom is -0.376 e. The van der Waals surface area contributed by atoms with Crippen LogP contribution in [-0.4, -0.2) is 12.5 Å². The van der Waals surface area contributed by atoms with Gasteiger partial charge in [0.2, 0.25) is 5.91 Å². The minimum atomic E-state index is -1.01. The van der Waals surface area contributed by atoms with Crippen molar-refractivity contribution >= 4 is 17.3 Å². The molecule has 20 heavy (non-hydrogen) atoms. The van der Waals surface area contributed by atoms with Crippen molar-refractivity contribution in [3.05, 3.63) is 59.9 Å². The number of nitrogens with one attached hydrogen (secondary N) is 2. The third-order valence-electron chi connectivity index (χ3n) is 2.52. The van der Waals surface area contributed by atoms with E-state index in [4.69, 9.17) is 0 Å². The summed E-state index contributed by atoms with van der Waals surface area (Å²) in [6, 6.07) is 8.92. The van der Waals surface area contributed by atoms with E-state index in [0.717, 1.165) is 12.1 Å². The van der Waals surface area contributed by atoms with Crippen LogP contribution in [0.2, 0.25) is 0 Å². The Morgan fingerprint density at radius 1 is 0.950 bits per heavy atom. The quantitative estimate of drug-likeness (QED) is 0.903. The van der Waals surface area contributed by atoms with E-state index in [9.17, 15) is 18.0 Å². The Morgan fingerprint density at radius 3 is 2.40 bits per heavy atom. The van der Waals surface area contributed by atoms with E-state index in [-0.39, 0.29) is 17.9 Å². The molecule has 0 fully saturated rings. The Labute approximate surface area is 113 Å². The molecule has 0 spiro atoms. The fourth-order valence-electron chi connectivity index (χ4n) is 1.55. The maximum absolute atomic E-state index is 13.3. The van der Waals surface area contributed by atoms with Crippen molar-refractivity contribution in [1.29, 1.82) is 0 Å². The monoisotopic (exact) mass is 280 g/mol. The van der Waals surface area contributed by atoms with Gasteiger partial charge in [-0.3, -0.25) is 4.79 Å². The van der Waals surface area contributed by atoms with E-state index in [1.54, 1.807) is 6.07 Å². The number of halogens is 3. The molecule has 0 unspecified atom stereocenters. The van der Waals surface area contributed by atoms with Crippen LogP contribution in [-0.2, 0) is 4.79 Å². The number of amides is 1. The predicted molar refractivity (Wildman–Crippen MR) is 69.9 cm³/mol. The van der Waals surface area contributed by atoms with E-state index >= 15 is 0 Å². The topological polar surface area (TPSA) is 41.1 Å². The van der Waals surface area contributed by atoms with Crippen molar-refractivity contribution in [2.75, 3.05) is 17.2 Å². The van der Waals surface area contributed by atoms with E-state index in [1.165, 1.54) is 24.3 Å². The van der Waals surface area contributed by atoms with E-state index in [2.05, 4.69) is 10.6 Å². The van der Waals surface area contributed by atoms with Crippen LogP contribution >= 0.6 is 0 Å². The number of hydrogen-bond donors (Lipinski definition) is 2. The molecule has 0 bridgehead atoms. The summed E-state index contributed by atoms with van der Waals surface area (Å²) in [5.74, 6) is -3.02. The van der Waals surface area contributed by atoms with Gasteiger partial charge in [0.25, 0.3) is 0 Å². The second-order valence-electron chi connectivity index (χ2n) is 4.01. The summed E-state index contributed by atoms with van der Waals surface area (Å²) in [4.78, 5) is 11.6. The molecular formula is C14H11F3N2O. The molecule has 6 heteroatoms. The Balaban J connectivity index is 1.92. The van der Waals surface area contributed by atoms with Crippen LogP contribution in [0, 0.1) is 17.5 Å². The van der Waals surface area contributed by atoms with Gasteiger partial charge in [0, 0.05) is 11.8 Å². The van der Waals surface area contributed by atoms with Crippen LogP contribution in [0.25, 0.3) is 0 Å². The van der Waals surface area contributed by atoms with E-state index < -0.39 is 23.4 Å². The fraction of sp³-hybridized carbons (Fsp3) is 0.0714. The molecule has 104 valence electrons. The van der Waals surface area contributed by atoms with Gasteiger partial charge in [0.15, 0.2) is 11.6 Å². The molecule has 3 nitrogen and oxygen atoms in total. The molecule has 0 atom stereocenters. The van der Waals surface area contributed by atoms with Gasteiger partial charge in [0.05, 0.1) is 12.2 Å². The molecule has 0 radical (unpaired) electrons. The maximum atomic E-state index is 13.3. The lowest BCUT2D eigenvalue weighted by molar-refractivity contribution is -0.114. The number of hydrogen-bond acceptors (Lipinski definition) is 2. The number of para-hydroxylation sites is 1. The molecule has 1 amide bonds. The number of carbonyl (C=O) groups is 1. The van der Waals surface area contributed by atoms with Crippen LogP contribution in [0.5, 0.6) is 0 Å². The zero-order chi connectivity index (χ0) is 14.5. The summed E-state index contributed by atoms with van der Waals surface area (Å²) >= 11 is 0. The van der Waals surface area contributed by atoms with Crippen LogP contribution in [0.15, 0.2) is 42.5 Å². The molecule has 0 aliphatic carbocycles. The maximum Gasteiger partial charge on any atom is 0.243 e. The van der Waals surface area contributed by atoms with Crippen molar-refractivity contribution in [3.63, 3.8) is 0 Å². The van der Waals surface area contributed by atoms with Crippen LogP contribution in [0.1, 0.15) is 0 Å². The zero-order valence-corrected chi connectivity index (χ0v) is 10.3. The lowest BCUT2D eigenvalue weighted by atomic mass is 10.3. The van der Waals surface area contributed by atoms with Crippen molar-refractivity contribution in [2.45, 2.75) is 0 Å². The molecule has 0 aromatic heterocycles. The first kappa shape index (κ1) is 13.9. The van der Waals surface area contributed by atoms with Gasteiger partial charge in [-0.25, -0.2) is 13.2 Å². The summed E-state index contributed by atoms with van der Waals surface area (Å²) < 4.78 is 38.9. The van der Waals surface area contributed by atoms with E-state index in [1.807, 2.05) is 0 Å². The predicted octanol–water partition coefficient (Wildman–Crippen LogP) is 3.15. The largest absolute Gasteiger partial charge is 0.376 e. The molecule has 2 N–H and O–H groups in total. The van der Waals surface area contributed by atoms with Gasteiger partial charge in [0.1, 0.15) is 5.82 Å². The first-order valence-electron chi connectivity index (χ1n) is 5.79. The lowest BCUT2D eigenvalue weighted by Gasteiger charge is -2.08. The highest BCUT2D eigenvalue weighted by molar-refractivity contribution is 5.93. The number of anilines is 2. The third kappa shape index (κ3) is 3.50. The lowest BCUT2D eigenvalue weighted by Crippen LogP contribution is -2.22. The van der Waals surface area contributed by atoms with Gasteiger partial charge < -0.3 is 10.6 Å². The molecule has 2 aromatic carbocycles. The summed E-state index contributed by atoms with van der Waals surface area (Å²) in [6.07, 6.45) is 0. The molecule has 0 aliphatic rings. The Kier molecular flexibility index (Phi) is 4.24. The first-order chi connectivity index (χ1) is 9.56. The van der Waals surface area contributed by atoms with Gasteiger partial charge in [-0.1, -0.05) is 12.1 Å².